The summed E-state index contributed by atoms with van der Waals surface area (Å²) < 4.78 is 53.6. The van der Waals surface area contributed by atoms with Crippen LogP contribution in [0.4, 0.5) is 8.78 Å². The van der Waals surface area contributed by atoms with Gasteiger partial charge in [0.25, 0.3) is 0 Å². The average molecular weight is 453 g/mol. The highest BCUT2D eigenvalue weighted by Gasteiger charge is 2.33. The third-order valence-electron chi connectivity index (χ3n) is 5.60. The molecule has 2 aliphatic rings. The molecule has 1 amide bonds. The van der Waals surface area contributed by atoms with Gasteiger partial charge in [0.1, 0.15) is 11.6 Å². The van der Waals surface area contributed by atoms with Crippen molar-refractivity contribution in [2.75, 3.05) is 18.8 Å². The highest BCUT2D eigenvalue weighted by molar-refractivity contribution is 7.99. The van der Waals surface area contributed by atoms with E-state index in [1.165, 1.54) is 28.6 Å². The van der Waals surface area contributed by atoms with Gasteiger partial charge in [-0.15, -0.1) is 11.8 Å². The van der Waals surface area contributed by atoms with Crippen molar-refractivity contribution in [2.24, 2.45) is 5.92 Å². The molecule has 0 spiro atoms. The molecule has 0 unspecified atom stereocenters. The van der Waals surface area contributed by atoms with Crippen molar-refractivity contribution in [3.05, 3.63) is 59.7 Å². The largest absolute Gasteiger partial charge is 0.349 e. The van der Waals surface area contributed by atoms with E-state index in [4.69, 9.17) is 0 Å². The molecule has 1 fully saturated rings. The normalized spacial score (nSPS) is 20.5. The SMILES string of the molecule is O=C(N[C@@H]1CCSc2ccc(F)cc21)C1CCN(S(=O)(=O)c2ccc(F)cc2)CC1. The highest BCUT2D eigenvalue weighted by atomic mass is 32.2. The topological polar surface area (TPSA) is 66.5 Å². The molecule has 0 aliphatic carbocycles. The number of hydrogen-bond acceptors (Lipinski definition) is 4. The molecule has 2 aromatic rings. The monoisotopic (exact) mass is 452 g/mol. The first kappa shape index (κ1) is 21.3. The minimum absolute atomic E-state index is 0.0464. The number of carbonyl (C=O) groups excluding carboxylic acids is 1. The van der Waals surface area contributed by atoms with Gasteiger partial charge < -0.3 is 5.32 Å². The number of benzene rings is 2. The number of piperidine rings is 1. The van der Waals surface area contributed by atoms with Gasteiger partial charge in [-0.05, 0) is 67.3 Å². The Bertz CT molecular complexity index is 1040. The van der Waals surface area contributed by atoms with Crippen molar-refractivity contribution < 1.29 is 22.0 Å². The number of amides is 1. The van der Waals surface area contributed by atoms with E-state index in [1.807, 2.05) is 0 Å². The molecule has 1 atom stereocenters. The van der Waals surface area contributed by atoms with Crippen molar-refractivity contribution in [1.82, 2.24) is 9.62 Å². The first-order chi connectivity index (χ1) is 14.3. The number of sulfonamides is 1. The predicted octanol–water partition coefficient (Wildman–Crippen LogP) is 3.72. The maximum Gasteiger partial charge on any atom is 0.243 e. The quantitative estimate of drug-likeness (QED) is 0.768. The van der Waals surface area contributed by atoms with Crippen molar-refractivity contribution in [3.8, 4) is 0 Å². The minimum Gasteiger partial charge on any atom is -0.349 e. The van der Waals surface area contributed by atoms with Crippen LogP contribution in [0, 0.1) is 17.6 Å². The zero-order chi connectivity index (χ0) is 21.3. The Kier molecular flexibility index (Phi) is 6.13. The molecule has 1 N–H and O–H groups in total. The number of hydrogen-bond donors (Lipinski definition) is 1. The van der Waals surface area contributed by atoms with Gasteiger partial charge in [-0.25, -0.2) is 17.2 Å². The fraction of sp³-hybridized carbons (Fsp3) is 0.381. The van der Waals surface area contributed by atoms with Gasteiger partial charge in [0.15, 0.2) is 0 Å². The maximum atomic E-state index is 13.7. The molecule has 2 heterocycles. The van der Waals surface area contributed by atoms with Crippen molar-refractivity contribution >= 4 is 27.7 Å². The number of nitrogens with one attached hydrogen (secondary N) is 1. The second-order valence-electron chi connectivity index (χ2n) is 7.51. The molecule has 0 aromatic heterocycles. The highest BCUT2D eigenvalue weighted by Crippen LogP contribution is 2.37. The summed E-state index contributed by atoms with van der Waals surface area (Å²) >= 11 is 1.65. The fourth-order valence-corrected chi connectivity index (χ4v) is 6.49. The van der Waals surface area contributed by atoms with E-state index in [-0.39, 0.29) is 41.7 Å². The maximum absolute atomic E-state index is 13.7. The second-order valence-corrected chi connectivity index (χ2v) is 10.6. The zero-order valence-corrected chi connectivity index (χ0v) is 17.8. The van der Waals surface area contributed by atoms with E-state index in [1.54, 1.807) is 17.8 Å². The van der Waals surface area contributed by atoms with Crippen LogP contribution in [0.2, 0.25) is 0 Å². The van der Waals surface area contributed by atoms with Gasteiger partial charge in [-0.2, -0.15) is 4.31 Å². The standard InChI is InChI=1S/C21H22F2N2O3S2/c22-15-1-4-17(5-2-15)30(27,28)25-10-7-14(8-11-25)21(26)24-19-9-12-29-20-6-3-16(23)13-18(19)20/h1-6,13-14,19H,7-12H2,(H,24,26)/t19-/m1/s1. The van der Waals surface area contributed by atoms with Gasteiger partial charge in [-0.1, -0.05) is 0 Å². The molecule has 0 bridgehead atoms. The zero-order valence-electron chi connectivity index (χ0n) is 16.2. The fourth-order valence-electron chi connectivity index (χ4n) is 3.92. The smallest absolute Gasteiger partial charge is 0.243 e. The van der Waals surface area contributed by atoms with Crippen molar-refractivity contribution in [2.45, 2.75) is 35.1 Å². The first-order valence-electron chi connectivity index (χ1n) is 9.83. The number of nitrogens with zero attached hydrogens (tertiary/aromatic N) is 1. The summed E-state index contributed by atoms with van der Waals surface area (Å²) in [5.74, 6) is -0.392. The van der Waals surface area contributed by atoms with Gasteiger partial charge in [0.2, 0.25) is 15.9 Å². The van der Waals surface area contributed by atoms with Crippen LogP contribution in [0.1, 0.15) is 30.9 Å². The van der Waals surface area contributed by atoms with E-state index < -0.39 is 15.8 Å². The van der Waals surface area contributed by atoms with E-state index in [2.05, 4.69) is 5.32 Å². The predicted molar refractivity (Wildman–Crippen MR) is 111 cm³/mol. The lowest BCUT2D eigenvalue weighted by Crippen LogP contribution is -2.44. The van der Waals surface area contributed by atoms with Gasteiger partial charge >= 0.3 is 0 Å². The molecule has 2 aromatic carbocycles. The summed E-state index contributed by atoms with van der Waals surface area (Å²) in [6.07, 6.45) is 1.54. The molecule has 1 saturated heterocycles. The number of fused-ring (bicyclic) bond motifs is 1. The van der Waals surface area contributed by atoms with E-state index in [9.17, 15) is 22.0 Å². The van der Waals surface area contributed by atoms with Crippen LogP contribution in [0.3, 0.4) is 0 Å². The molecule has 0 radical (unpaired) electrons. The Morgan fingerprint density at radius 1 is 1.00 bits per heavy atom. The van der Waals surface area contributed by atoms with Crippen LogP contribution < -0.4 is 5.32 Å². The van der Waals surface area contributed by atoms with Crippen LogP contribution in [0.5, 0.6) is 0 Å². The second kappa shape index (κ2) is 8.64. The van der Waals surface area contributed by atoms with Gasteiger partial charge in [0, 0.05) is 29.7 Å². The summed E-state index contributed by atoms with van der Waals surface area (Å²) in [5.41, 5.74) is 0.802. The number of thioether (sulfide) groups is 1. The lowest BCUT2D eigenvalue weighted by atomic mass is 9.95. The first-order valence-corrected chi connectivity index (χ1v) is 12.3. The van der Waals surface area contributed by atoms with Crippen LogP contribution in [-0.4, -0.2) is 37.5 Å². The molecule has 2 aliphatic heterocycles. The average Bonchev–Trinajstić information content (AvgIpc) is 2.74. The Balaban J connectivity index is 1.38. The molecule has 4 rings (SSSR count). The number of halogens is 2. The Morgan fingerprint density at radius 2 is 1.67 bits per heavy atom. The summed E-state index contributed by atoms with van der Waals surface area (Å²) in [4.78, 5) is 13.8. The van der Waals surface area contributed by atoms with Crippen LogP contribution in [0.15, 0.2) is 52.3 Å². The van der Waals surface area contributed by atoms with Crippen LogP contribution in [-0.2, 0) is 14.8 Å². The number of carbonyl (C=O) groups is 1. The molecule has 9 heteroatoms. The summed E-state index contributed by atoms with van der Waals surface area (Å²) in [5, 5.41) is 3.03. The van der Waals surface area contributed by atoms with E-state index in [0.29, 0.717) is 12.8 Å². The number of rotatable bonds is 4. The summed E-state index contributed by atoms with van der Waals surface area (Å²) in [6, 6.07) is 9.16. The van der Waals surface area contributed by atoms with E-state index in [0.717, 1.165) is 34.8 Å². The molecule has 160 valence electrons. The van der Waals surface area contributed by atoms with E-state index >= 15 is 0 Å². The third kappa shape index (κ3) is 4.38. The van der Waals surface area contributed by atoms with Crippen molar-refractivity contribution in [3.63, 3.8) is 0 Å². The van der Waals surface area contributed by atoms with Crippen molar-refractivity contribution in [1.29, 1.82) is 0 Å². The minimum atomic E-state index is -3.71. The lowest BCUT2D eigenvalue weighted by molar-refractivity contribution is -0.126. The molecular weight excluding hydrogens is 430 g/mol. The summed E-state index contributed by atoms with van der Waals surface area (Å²) in [7, 11) is -3.71. The molecular formula is C21H22F2N2O3S2. The molecule has 30 heavy (non-hydrogen) atoms. The third-order valence-corrected chi connectivity index (χ3v) is 8.64. The Labute approximate surface area is 178 Å². The molecule has 5 nitrogen and oxygen atoms in total. The Hall–Kier alpha value is -1.97. The Morgan fingerprint density at radius 3 is 2.37 bits per heavy atom. The van der Waals surface area contributed by atoms with Crippen LogP contribution in [0.25, 0.3) is 0 Å². The summed E-state index contributed by atoms with van der Waals surface area (Å²) in [6.45, 7) is 0.451. The van der Waals surface area contributed by atoms with Gasteiger partial charge in [0.05, 0.1) is 10.9 Å². The molecule has 0 saturated carbocycles. The van der Waals surface area contributed by atoms with Gasteiger partial charge in [-0.3, -0.25) is 4.79 Å². The van der Waals surface area contributed by atoms with Crippen LogP contribution >= 0.6 is 11.8 Å². The lowest BCUT2D eigenvalue weighted by Gasteiger charge is -2.32.